The zero-order valence-electron chi connectivity index (χ0n) is 52.1. The molecule has 6 aliphatic rings. The molecule has 0 N–H and O–H groups in total. The Morgan fingerprint density at radius 2 is 0.944 bits per heavy atom. The third-order valence-corrected chi connectivity index (χ3v) is 18.2. The number of rotatable bonds is 17. The van der Waals surface area contributed by atoms with Gasteiger partial charge in [-0.3, -0.25) is 34.1 Å². The van der Waals surface area contributed by atoms with Gasteiger partial charge in [-0.25, -0.2) is 0 Å². The molecule has 0 saturated carbocycles. The normalized spacial score (nSPS) is 21.3. The number of hydrogen-bond acceptors (Lipinski definition) is 12. The maximum atomic E-state index is 13.3. The van der Waals surface area contributed by atoms with Crippen LogP contribution in [0.1, 0.15) is 79.8 Å². The largest absolute Gasteiger partial charge is 0.457 e. The lowest BCUT2D eigenvalue weighted by Crippen LogP contribution is -2.45. The number of likely N-dealkylation sites (tertiary alicyclic amines) is 5. The lowest BCUT2D eigenvalue weighted by atomic mass is 9.88. The number of amides is 3. The summed E-state index contributed by atoms with van der Waals surface area (Å²) >= 11 is 0. The molecular formula is C74H87N7O8. The summed E-state index contributed by atoms with van der Waals surface area (Å²) in [6.07, 6.45) is 9.07. The number of benzene rings is 6. The van der Waals surface area contributed by atoms with Crippen molar-refractivity contribution in [2.45, 2.75) is 96.8 Å². The van der Waals surface area contributed by atoms with E-state index in [2.05, 4.69) is 69.1 Å². The van der Waals surface area contributed by atoms with Gasteiger partial charge in [0.05, 0.1) is 41.7 Å². The Hall–Kier alpha value is -7.92. The lowest BCUT2D eigenvalue weighted by Gasteiger charge is -2.33. The first-order chi connectivity index (χ1) is 43.5. The number of carbonyl (C=O) groups is 3. The Morgan fingerprint density at radius 1 is 0.461 bits per heavy atom. The topological polar surface area (TPSA) is 130 Å². The Morgan fingerprint density at radius 3 is 1.44 bits per heavy atom. The number of fused-ring (bicyclic) bond motifs is 1. The van der Waals surface area contributed by atoms with Gasteiger partial charge < -0.3 is 38.4 Å². The fourth-order valence-electron chi connectivity index (χ4n) is 13.4. The number of ether oxygens (including phenoxy) is 5. The van der Waals surface area contributed by atoms with Crippen molar-refractivity contribution in [2.75, 3.05) is 79.7 Å². The predicted molar refractivity (Wildman–Crippen MR) is 345 cm³/mol. The molecule has 15 heteroatoms. The molecule has 89 heavy (non-hydrogen) atoms. The van der Waals surface area contributed by atoms with Gasteiger partial charge in [0.2, 0.25) is 17.7 Å². The van der Waals surface area contributed by atoms with Crippen LogP contribution in [0.25, 0.3) is 0 Å². The van der Waals surface area contributed by atoms with Gasteiger partial charge in [0.15, 0.2) is 0 Å². The molecule has 6 aliphatic heterocycles. The van der Waals surface area contributed by atoms with Crippen LogP contribution in [0.5, 0.6) is 34.5 Å². The second-order valence-corrected chi connectivity index (χ2v) is 25.0. The zero-order chi connectivity index (χ0) is 61.4. The van der Waals surface area contributed by atoms with Crippen LogP contribution in [0.15, 0.2) is 182 Å². The summed E-state index contributed by atoms with van der Waals surface area (Å²) in [5.41, 5.74) is 5.48. The van der Waals surface area contributed by atoms with Gasteiger partial charge in [0.25, 0.3) is 0 Å². The highest BCUT2D eigenvalue weighted by Crippen LogP contribution is 2.37. The van der Waals surface area contributed by atoms with Crippen LogP contribution in [0, 0.1) is 17.3 Å². The zero-order valence-corrected chi connectivity index (χ0v) is 52.1. The van der Waals surface area contributed by atoms with Crippen LogP contribution in [0.3, 0.4) is 0 Å². The van der Waals surface area contributed by atoms with E-state index in [0.29, 0.717) is 31.0 Å². The number of para-hydroxylation sites is 3. The fourth-order valence-corrected chi connectivity index (χ4v) is 13.4. The molecular weight excluding hydrogens is 1110 g/mol. The van der Waals surface area contributed by atoms with Crippen molar-refractivity contribution in [1.29, 1.82) is 0 Å². The standard InChI is InChI=1S/C26H27N3O2.2C24H30N2O3/c1-26(25(30)29-17-21-8-6-13-27-24(21)18-29)12-14-28(19-26)16-20-7-5-11-23(15-20)31-22-9-3-2-4-10-22;1-28-23-11-6-13-26(18-23)24(27)20-12-14-25(17-20)16-19-7-5-10-22(15-19)29-21-8-3-2-4-9-21;1-28-21-11-14-26(15-12-21)24(27)20-10-13-25(18-20)17-19-6-5-9-23(16-19)29-22-7-3-2-4-8-22/h2-11,13,15H,12,14,16-19H2,1H3;2-5,7-10,15,20,23H,6,11-14,16-18H2,1H3;2-9,16,20-21H,10-15,17-18H2,1H3. The van der Waals surface area contributed by atoms with Crippen molar-refractivity contribution < 1.29 is 38.1 Å². The van der Waals surface area contributed by atoms with Crippen LogP contribution in [0.2, 0.25) is 0 Å². The summed E-state index contributed by atoms with van der Waals surface area (Å²) < 4.78 is 28.8. The van der Waals surface area contributed by atoms with E-state index >= 15 is 0 Å². The van der Waals surface area contributed by atoms with E-state index in [1.165, 1.54) is 22.3 Å². The lowest BCUT2D eigenvalue weighted by molar-refractivity contribution is -0.141. The molecule has 15 nitrogen and oxygen atoms in total. The number of carbonyl (C=O) groups excluding carboxylic acids is 3. The van der Waals surface area contributed by atoms with Crippen LogP contribution in [0.4, 0.5) is 0 Å². The maximum Gasteiger partial charge on any atom is 0.230 e. The van der Waals surface area contributed by atoms with Crippen LogP contribution >= 0.6 is 0 Å². The van der Waals surface area contributed by atoms with E-state index in [9.17, 15) is 14.4 Å². The Bertz CT molecular complexity index is 3380. The Labute approximate surface area is 526 Å². The average molecular weight is 1200 g/mol. The highest BCUT2D eigenvalue weighted by atomic mass is 16.5. The third-order valence-electron chi connectivity index (χ3n) is 18.2. The fraction of sp³-hybridized carbons (Fsp3) is 0.405. The SMILES string of the molecule is CC1(C(=O)N2Cc3cccnc3C2)CCN(Cc2cccc(Oc3ccccc3)c2)C1.COC1CCCN(C(=O)C2CCN(Cc3cccc(Oc4ccccc4)c3)C2)C1.COC1CCN(C(=O)C2CCN(Cc3cccc(Oc4ccccc4)c3)C2)CC1. The minimum absolute atomic E-state index is 0.106. The molecule has 5 fully saturated rings. The molecule has 466 valence electrons. The van der Waals surface area contributed by atoms with Crippen molar-refractivity contribution in [2.24, 2.45) is 17.3 Å². The first-order valence-electron chi connectivity index (χ1n) is 32.0. The molecule has 4 atom stereocenters. The predicted octanol–water partition coefficient (Wildman–Crippen LogP) is 12.5. The summed E-state index contributed by atoms with van der Waals surface area (Å²) in [6, 6.07) is 58.2. The summed E-state index contributed by atoms with van der Waals surface area (Å²) in [7, 11) is 3.50. The Balaban J connectivity index is 0.000000138. The van der Waals surface area contributed by atoms with E-state index in [1.54, 1.807) is 20.4 Å². The molecule has 4 unspecified atom stereocenters. The van der Waals surface area contributed by atoms with E-state index in [4.69, 9.17) is 23.7 Å². The van der Waals surface area contributed by atoms with Crippen molar-refractivity contribution in [3.63, 3.8) is 0 Å². The molecule has 0 bridgehead atoms. The highest BCUT2D eigenvalue weighted by molar-refractivity contribution is 5.83. The van der Waals surface area contributed by atoms with Crippen LogP contribution in [-0.4, -0.2) is 144 Å². The summed E-state index contributed by atoms with van der Waals surface area (Å²) in [4.78, 5) is 56.8. The van der Waals surface area contributed by atoms with Gasteiger partial charge in [-0.15, -0.1) is 0 Å². The molecule has 0 spiro atoms. The van der Waals surface area contributed by atoms with Gasteiger partial charge in [0, 0.05) is 92.4 Å². The monoisotopic (exact) mass is 1200 g/mol. The van der Waals surface area contributed by atoms with Crippen molar-refractivity contribution in [1.82, 2.24) is 34.4 Å². The van der Waals surface area contributed by atoms with Crippen molar-refractivity contribution in [3.8, 4) is 34.5 Å². The molecule has 1 aromatic heterocycles. The smallest absolute Gasteiger partial charge is 0.230 e. The molecule has 0 aliphatic carbocycles. The first-order valence-corrected chi connectivity index (χ1v) is 32.0. The maximum absolute atomic E-state index is 13.3. The third kappa shape index (κ3) is 17.3. The van der Waals surface area contributed by atoms with Crippen LogP contribution in [-0.2, 0) is 56.6 Å². The molecule has 7 aromatic rings. The summed E-state index contributed by atoms with van der Waals surface area (Å²) in [5, 5.41) is 0. The van der Waals surface area contributed by atoms with Gasteiger partial charge >= 0.3 is 0 Å². The van der Waals surface area contributed by atoms with Gasteiger partial charge in [-0.2, -0.15) is 0 Å². The minimum Gasteiger partial charge on any atom is -0.457 e. The molecule has 7 heterocycles. The quantitative estimate of drug-likeness (QED) is 0.0860. The summed E-state index contributed by atoms with van der Waals surface area (Å²) in [5.74, 6) is 6.14. The van der Waals surface area contributed by atoms with Gasteiger partial charge in [0.1, 0.15) is 34.5 Å². The highest BCUT2D eigenvalue weighted by Gasteiger charge is 2.44. The summed E-state index contributed by atoms with van der Waals surface area (Å²) in [6.45, 7) is 14.5. The first kappa shape index (κ1) is 62.7. The second kappa shape index (κ2) is 30.5. The minimum atomic E-state index is -0.347. The number of nitrogens with zero attached hydrogens (tertiary/aromatic N) is 7. The van der Waals surface area contributed by atoms with E-state index in [-0.39, 0.29) is 29.3 Å². The molecule has 5 saturated heterocycles. The molecule has 0 radical (unpaired) electrons. The Kier molecular flexibility index (Phi) is 21.5. The average Bonchev–Trinajstić information content (AvgIpc) is 2.82. The van der Waals surface area contributed by atoms with Crippen molar-refractivity contribution in [3.05, 3.63) is 210 Å². The molecule has 6 aromatic carbocycles. The van der Waals surface area contributed by atoms with E-state index in [1.807, 2.05) is 148 Å². The number of piperidine rings is 2. The molecule has 13 rings (SSSR count). The second-order valence-electron chi connectivity index (χ2n) is 25.0. The van der Waals surface area contributed by atoms with Crippen molar-refractivity contribution >= 4 is 17.7 Å². The van der Waals surface area contributed by atoms with Crippen LogP contribution < -0.4 is 14.2 Å². The van der Waals surface area contributed by atoms with E-state index < -0.39 is 0 Å². The van der Waals surface area contributed by atoms with E-state index in [0.717, 1.165) is 170 Å². The number of aromatic nitrogens is 1. The number of hydrogen-bond donors (Lipinski definition) is 0. The number of pyridine rings is 1. The van der Waals surface area contributed by atoms with Gasteiger partial charge in [-0.1, -0.05) is 97.1 Å². The van der Waals surface area contributed by atoms with Gasteiger partial charge in [-0.05, 0) is 173 Å². The molecule has 3 amide bonds. The number of methoxy groups -OCH3 is 2.